The van der Waals surface area contributed by atoms with Crippen molar-refractivity contribution in [1.29, 1.82) is 0 Å². The molecule has 0 N–H and O–H groups in total. The number of hydrogen-bond donors (Lipinski definition) is 0. The number of ether oxygens (including phenoxy) is 4. The molecule has 0 aromatic rings. The highest BCUT2D eigenvalue weighted by atomic mass is 16.7. The molecule has 0 aromatic heterocycles. The Morgan fingerprint density at radius 1 is 0.400 bits per heavy atom. The van der Waals surface area contributed by atoms with Crippen LogP contribution in [0.25, 0.3) is 0 Å². The topological polar surface area (TPSA) is 111 Å². The molecular weight excluding hydrogens is 935 g/mol. The van der Waals surface area contributed by atoms with E-state index in [1.165, 1.54) is 44.9 Å². The first-order valence-electron chi connectivity index (χ1n) is 29.0. The lowest BCUT2D eigenvalue weighted by Gasteiger charge is -2.26. The summed E-state index contributed by atoms with van der Waals surface area (Å²) < 4.78 is 22.6. The van der Waals surface area contributed by atoms with Crippen molar-refractivity contribution < 1.29 is 42.9 Å². The second-order valence-corrected chi connectivity index (χ2v) is 19.8. The number of allylic oxidation sites excluding steroid dienone is 24. The lowest BCUT2D eigenvalue weighted by Crippen LogP contribution is -2.44. The molecule has 0 aromatic carbocycles. The molecule has 9 heteroatoms. The van der Waals surface area contributed by atoms with Crippen LogP contribution in [0.2, 0.25) is 0 Å². The normalized spacial score (nSPS) is 13.9. The summed E-state index contributed by atoms with van der Waals surface area (Å²) in [5.41, 5.74) is 0. The summed E-state index contributed by atoms with van der Waals surface area (Å²) in [5, 5.41) is 11.8. The van der Waals surface area contributed by atoms with Gasteiger partial charge in [-0.2, -0.15) is 0 Å². The van der Waals surface area contributed by atoms with Crippen LogP contribution in [0.4, 0.5) is 0 Å². The number of aliphatic carboxylic acids is 1. The van der Waals surface area contributed by atoms with Crippen molar-refractivity contribution in [2.75, 3.05) is 47.5 Å². The van der Waals surface area contributed by atoms with Crippen molar-refractivity contribution in [3.05, 3.63) is 146 Å². The van der Waals surface area contributed by atoms with Crippen LogP contribution in [0, 0.1) is 0 Å². The quantitative estimate of drug-likeness (QED) is 0.0195. The van der Waals surface area contributed by atoms with Crippen LogP contribution < -0.4 is 5.11 Å². The number of carboxylic acids is 1. The standard InChI is InChI=1S/C66H105NO8/c1-6-8-10-12-14-16-18-20-22-24-26-28-30-31-32-33-35-36-38-40-42-44-46-48-50-52-54-56-63(68)73-60-62(61-74-66(65(70)71)72-59-58-67(3,4)5)75-64(69)57-55-53-51-49-47-45-43-41-39-37-34-29-27-25-23-21-19-17-15-13-11-9-7-2/h8-11,14-17,20-23,26-29,31-32,37,39,43,45,49,51,62,66H,6-7,12-13,18-19,24-25,30,33-36,38,40-42,44,46-48,50,52-61H2,1-5H3/b10-8-,11-9-,16-14-,17-15-,22-20-,23-21-,28-26-,29-27-,32-31-,39-37-,45-43-,51-49-. The average Bonchev–Trinajstić information content (AvgIpc) is 3.38. The lowest BCUT2D eigenvalue weighted by molar-refractivity contribution is -0.870. The van der Waals surface area contributed by atoms with Gasteiger partial charge in [0, 0.05) is 12.8 Å². The number of unbranched alkanes of at least 4 members (excludes halogenated alkanes) is 12. The number of rotatable bonds is 51. The van der Waals surface area contributed by atoms with E-state index in [0.717, 1.165) is 109 Å². The number of carboxylic acid groups (broad SMARTS) is 1. The molecule has 0 radical (unpaired) electrons. The third kappa shape index (κ3) is 56.7. The summed E-state index contributed by atoms with van der Waals surface area (Å²) >= 11 is 0. The molecule has 75 heavy (non-hydrogen) atoms. The van der Waals surface area contributed by atoms with Crippen molar-refractivity contribution in [3.63, 3.8) is 0 Å². The largest absolute Gasteiger partial charge is 0.545 e. The van der Waals surface area contributed by atoms with Crippen LogP contribution in [0.1, 0.15) is 194 Å². The molecule has 0 saturated heterocycles. The number of likely N-dealkylation sites (N-methyl/N-ethyl adjacent to an activating group) is 1. The van der Waals surface area contributed by atoms with Gasteiger partial charge in [-0.3, -0.25) is 9.59 Å². The van der Waals surface area contributed by atoms with Gasteiger partial charge < -0.3 is 33.3 Å². The number of esters is 2. The van der Waals surface area contributed by atoms with E-state index in [2.05, 4.69) is 154 Å². The molecular formula is C66H105NO8. The van der Waals surface area contributed by atoms with Gasteiger partial charge in [0.2, 0.25) is 0 Å². The second-order valence-electron chi connectivity index (χ2n) is 19.8. The number of carbonyl (C=O) groups excluding carboxylic acids is 3. The molecule has 0 spiro atoms. The minimum Gasteiger partial charge on any atom is -0.545 e. The second kappa shape index (κ2) is 55.4. The average molecular weight is 1040 g/mol. The fourth-order valence-corrected chi connectivity index (χ4v) is 7.20. The molecule has 9 nitrogen and oxygen atoms in total. The van der Waals surface area contributed by atoms with Crippen molar-refractivity contribution in [1.82, 2.24) is 0 Å². The summed E-state index contributed by atoms with van der Waals surface area (Å²) in [6.45, 7) is 4.42. The van der Waals surface area contributed by atoms with E-state index in [-0.39, 0.29) is 38.6 Å². The maximum Gasteiger partial charge on any atom is 0.306 e. The summed E-state index contributed by atoms with van der Waals surface area (Å²) in [6, 6.07) is 0. The van der Waals surface area contributed by atoms with Gasteiger partial charge in [-0.25, -0.2) is 0 Å². The van der Waals surface area contributed by atoms with E-state index in [1.807, 2.05) is 27.2 Å². The first-order valence-corrected chi connectivity index (χ1v) is 29.0. The lowest BCUT2D eigenvalue weighted by atomic mass is 10.0. The summed E-state index contributed by atoms with van der Waals surface area (Å²) in [4.78, 5) is 37.3. The zero-order valence-corrected chi connectivity index (χ0v) is 47.9. The van der Waals surface area contributed by atoms with Crippen LogP contribution in [0.15, 0.2) is 146 Å². The first kappa shape index (κ1) is 70.2. The highest BCUT2D eigenvalue weighted by Gasteiger charge is 2.21. The van der Waals surface area contributed by atoms with Crippen LogP contribution in [0.3, 0.4) is 0 Å². The molecule has 0 aliphatic rings. The Bertz CT molecular complexity index is 1730. The van der Waals surface area contributed by atoms with Gasteiger partial charge in [0.25, 0.3) is 0 Å². The van der Waals surface area contributed by atoms with Crippen LogP contribution in [-0.4, -0.2) is 82.3 Å². The molecule has 422 valence electrons. The van der Waals surface area contributed by atoms with E-state index in [9.17, 15) is 19.5 Å². The molecule has 0 amide bonds. The SMILES string of the molecule is CC/C=C\C/C=C\C/C=C\C/C=C\C/C=C\C/C=C\C/C=C\CCCC(=O)OC(COC(=O)CCCCCCCCCCCCC/C=C\C/C=C\C/C=C\C/C=C\C/C=C\CC)COC(OCC[N+](C)(C)C)C(=O)[O-]. The van der Waals surface area contributed by atoms with Crippen molar-refractivity contribution in [2.45, 2.75) is 206 Å². The molecule has 0 bridgehead atoms. The molecule has 0 fully saturated rings. The maximum atomic E-state index is 12.8. The predicted octanol–water partition coefficient (Wildman–Crippen LogP) is 15.9. The van der Waals surface area contributed by atoms with E-state index in [4.69, 9.17) is 18.9 Å². The Hall–Kier alpha value is -4.83. The summed E-state index contributed by atoms with van der Waals surface area (Å²) in [5.74, 6) is -2.39. The Morgan fingerprint density at radius 2 is 0.733 bits per heavy atom. The van der Waals surface area contributed by atoms with Crippen LogP contribution in [0.5, 0.6) is 0 Å². The van der Waals surface area contributed by atoms with E-state index in [0.29, 0.717) is 23.9 Å². The van der Waals surface area contributed by atoms with Gasteiger partial charge in [-0.05, 0) is 109 Å². The molecule has 0 saturated carbocycles. The minimum atomic E-state index is -1.65. The van der Waals surface area contributed by atoms with Gasteiger partial charge >= 0.3 is 11.9 Å². The molecule has 0 aliphatic carbocycles. The molecule has 0 aliphatic heterocycles. The zero-order valence-electron chi connectivity index (χ0n) is 47.9. The third-order valence-corrected chi connectivity index (χ3v) is 11.6. The Balaban J connectivity index is 4.37. The first-order chi connectivity index (χ1) is 36.6. The van der Waals surface area contributed by atoms with Crippen LogP contribution >= 0.6 is 0 Å². The monoisotopic (exact) mass is 1040 g/mol. The van der Waals surface area contributed by atoms with Crippen LogP contribution in [-0.2, 0) is 33.3 Å². The van der Waals surface area contributed by atoms with Gasteiger partial charge in [-0.1, -0.05) is 217 Å². The molecule has 2 atom stereocenters. The van der Waals surface area contributed by atoms with Gasteiger partial charge in [0.05, 0.1) is 40.3 Å². The van der Waals surface area contributed by atoms with E-state index >= 15 is 0 Å². The van der Waals surface area contributed by atoms with E-state index in [1.54, 1.807) is 0 Å². The Labute approximate surface area is 458 Å². The van der Waals surface area contributed by atoms with Gasteiger partial charge in [0.15, 0.2) is 12.4 Å². The number of nitrogens with zero attached hydrogens (tertiary/aromatic N) is 1. The highest BCUT2D eigenvalue weighted by Crippen LogP contribution is 2.14. The third-order valence-electron chi connectivity index (χ3n) is 11.6. The van der Waals surface area contributed by atoms with Gasteiger partial charge in [0.1, 0.15) is 13.2 Å². The van der Waals surface area contributed by atoms with Crippen molar-refractivity contribution in [3.8, 4) is 0 Å². The van der Waals surface area contributed by atoms with Gasteiger partial charge in [-0.15, -0.1) is 0 Å². The Kier molecular flexibility index (Phi) is 51.8. The van der Waals surface area contributed by atoms with Crippen molar-refractivity contribution in [2.24, 2.45) is 0 Å². The number of quaternary nitrogens is 1. The smallest absolute Gasteiger partial charge is 0.306 e. The number of carbonyl (C=O) groups is 3. The van der Waals surface area contributed by atoms with E-state index < -0.39 is 24.3 Å². The molecule has 2 unspecified atom stereocenters. The highest BCUT2D eigenvalue weighted by molar-refractivity contribution is 5.70. The Morgan fingerprint density at radius 3 is 1.11 bits per heavy atom. The van der Waals surface area contributed by atoms with Crippen molar-refractivity contribution >= 4 is 17.9 Å². The maximum absolute atomic E-state index is 12.8. The number of hydrogen-bond acceptors (Lipinski definition) is 8. The summed E-state index contributed by atoms with van der Waals surface area (Å²) in [7, 11) is 5.89. The fraction of sp³-hybridized carbons (Fsp3) is 0.591. The fourth-order valence-electron chi connectivity index (χ4n) is 7.20. The zero-order chi connectivity index (χ0) is 54.8. The summed E-state index contributed by atoms with van der Waals surface area (Å²) in [6.07, 6.45) is 77.6. The predicted molar refractivity (Wildman–Crippen MR) is 315 cm³/mol. The molecule has 0 heterocycles. The molecule has 0 rings (SSSR count). The minimum absolute atomic E-state index is 0.128.